The number of halogens is 2. The molecular weight excluding hydrogens is 417 g/mol. The average Bonchev–Trinajstić information content (AvgIpc) is 3.34. The summed E-state index contributed by atoms with van der Waals surface area (Å²) in [5.41, 5.74) is 0.570. The summed E-state index contributed by atoms with van der Waals surface area (Å²) in [6, 6.07) is 6.61. The summed E-state index contributed by atoms with van der Waals surface area (Å²) in [4.78, 5) is 19.9. The van der Waals surface area contributed by atoms with Crippen molar-refractivity contribution >= 4 is 23.5 Å². The molecule has 1 unspecified atom stereocenters. The van der Waals surface area contributed by atoms with Crippen molar-refractivity contribution in [1.82, 2.24) is 25.1 Å². The van der Waals surface area contributed by atoms with Gasteiger partial charge in [0.1, 0.15) is 5.82 Å². The van der Waals surface area contributed by atoms with Crippen molar-refractivity contribution in [3.63, 3.8) is 0 Å². The van der Waals surface area contributed by atoms with Crippen LogP contribution in [0.4, 0.5) is 10.3 Å². The van der Waals surface area contributed by atoms with Crippen LogP contribution in [0, 0.1) is 5.82 Å². The highest BCUT2D eigenvalue weighted by Crippen LogP contribution is 2.32. The van der Waals surface area contributed by atoms with Crippen LogP contribution in [-0.4, -0.2) is 78.6 Å². The Morgan fingerprint density at radius 3 is 2.45 bits per heavy atom. The van der Waals surface area contributed by atoms with E-state index in [-0.39, 0.29) is 11.9 Å². The average molecular weight is 446 g/mol. The Balaban J connectivity index is 1.42. The van der Waals surface area contributed by atoms with Gasteiger partial charge in [0.15, 0.2) is 5.96 Å². The van der Waals surface area contributed by atoms with Crippen molar-refractivity contribution in [2.75, 3.05) is 57.8 Å². The quantitative estimate of drug-likeness (QED) is 0.564. The van der Waals surface area contributed by atoms with E-state index in [1.165, 1.54) is 6.07 Å². The zero-order valence-corrected chi connectivity index (χ0v) is 18.6. The van der Waals surface area contributed by atoms with E-state index in [0.29, 0.717) is 17.1 Å². The van der Waals surface area contributed by atoms with Crippen molar-refractivity contribution in [2.45, 2.75) is 18.9 Å². The van der Waals surface area contributed by atoms with Crippen LogP contribution < -0.4 is 10.2 Å². The number of rotatable bonds is 5. The maximum atomic E-state index is 14.7. The van der Waals surface area contributed by atoms with Gasteiger partial charge in [0.05, 0.1) is 6.04 Å². The van der Waals surface area contributed by atoms with Crippen LogP contribution in [0.3, 0.4) is 0 Å². The summed E-state index contributed by atoms with van der Waals surface area (Å²) in [5, 5.41) is 3.96. The first kappa shape index (κ1) is 21.8. The first-order chi connectivity index (χ1) is 15.2. The van der Waals surface area contributed by atoms with Gasteiger partial charge in [0.2, 0.25) is 5.95 Å². The molecule has 0 saturated carbocycles. The lowest BCUT2D eigenvalue weighted by atomic mass is 10.0. The van der Waals surface area contributed by atoms with Crippen LogP contribution in [0.5, 0.6) is 0 Å². The predicted molar refractivity (Wildman–Crippen MR) is 122 cm³/mol. The van der Waals surface area contributed by atoms with Gasteiger partial charge in [-0.15, -0.1) is 0 Å². The molecule has 7 nitrogen and oxygen atoms in total. The van der Waals surface area contributed by atoms with E-state index in [9.17, 15) is 4.39 Å². The molecule has 1 aromatic heterocycles. The molecule has 2 saturated heterocycles. The molecule has 1 N–H and O–H groups in total. The SMILES string of the molecule is CN=C(NCC(c1c(F)cccc1Cl)N1CCCC1)N1CCN(c2ncccn2)CC1. The molecule has 3 heterocycles. The van der Waals surface area contributed by atoms with Crippen LogP contribution in [0.2, 0.25) is 5.02 Å². The second-order valence-corrected chi connectivity index (χ2v) is 8.25. The van der Waals surface area contributed by atoms with Crippen molar-refractivity contribution < 1.29 is 4.39 Å². The summed E-state index contributed by atoms with van der Waals surface area (Å²) in [5.74, 6) is 1.33. The van der Waals surface area contributed by atoms with Gasteiger partial charge in [-0.3, -0.25) is 9.89 Å². The van der Waals surface area contributed by atoms with E-state index in [0.717, 1.165) is 64.0 Å². The maximum absolute atomic E-state index is 14.7. The van der Waals surface area contributed by atoms with E-state index < -0.39 is 0 Å². The van der Waals surface area contributed by atoms with Crippen LogP contribution in [0.25, 0.3) is 0 Å². The minimum atomic E-state index is -0.252. The van der Waals surface area contributed by atoms with E-state index in [4.69, 9.17) is 11.6 Å². The number of piperazine rings is 1. The molecule has 9 heteroatoms. The Morgan fingerprint density at radius 1 is 1.10 bits per heavy atom. The van der Waals surface area contributed by atoms with Gasteiger partial charge in [-0.25, -0.2) is 14.4 Å². The number of likely N-dealkylation sites (tertiary alicyclic amines) is 1. The van der Waals surface area contributed by atoms with Gasteiger partial charge in [-0.05, 0) is 44.1 Å². The highest BCUT2D eigenvalue weighted by molar-refractivity contribution is 6.31. The number of hydrogen-bond donors (Lipinski definition) is 1. The minimum absolute atomic E-state index is 0.132. The standard InChI is InChI=1S/C22H29ClFN7/c1-25-21(30-12-14-31(15-13-30)22-26-8-5-9-27-22)28-16-19(29-10-2-3-11-29)20-17(23)6-4-7-18(20)24/h4-9,19H,2-3,10-16H2,1H3,(H,25,28). The molecule has 31 heavy (non-hydrogen) atoms. The number of hydrogen-bond acceptors (Lipinski definition) is 5. The van der Waals surface area contributed by atoms with Crippen LogP contribution >= 0.6 is 11.6 Å². The fourth-order valence-corrected chi connectivity index (χ4v) is 4.68. The molecule has 2 aliphatic heterocycles. The molecule has 2 aliphatic rings. The van der Waals surface area contributed by atoms with Crippen molar-refractivity contribution in [2.24, 2.45) is 4.99 Å². The summed E-state index contributed by atoms with van der Waals surface area (Å²) >= 11 is 6.42. The second kappa shape index (κ2) is 10.2. The van der Waals surface area contributed by atoms with Crippen LogP contribution in [0.15, 0.2) is 41.7 Å². The first-order valence-corrected chi connectivity index (χ1v) is 11.2. The number of anilines is 1. The number of nitrogens with zero attached hydrogens (tertiary/aromatic N) is 6. The molecule has 0 spiro atoms. The molecule has 0 aliphatic carbocycles. The molecule has 1 atom stereocenters. The summed E-state index contributed by atoms with van der Waals surface area (Å²) < 4.78 is 14.7. The zero-order chi connectivity index (χ0) is 21.6. The molecule has 0 amide bonds. The Kier molecular flexibility index (Phi) is 7.19. The molecule has 2 aromatic rings. The predicted octanol–water partition coefficient (Wildman–Crippen LogP) is 2.80. The smallest absolute Gasteiger partial charge is 0.225 e. The first-order valence-electron chi connectivity index (χ1n) is 10.8. The number of aromatic nitrogens is 2. The van der Waals surface area contributed by atoms with Crippen LogP contribution in [-0.2, 0) is 0 Å². The Bertz CT molecular complexity index is 860. The molecule has 2 fully saturated rings. The Morgan fingerprint density at radius 2 is 1.81 bits per heavy atom. The molecule has 1 aromatic carbocycles. The molecule has 4 rings (SSSR count). The van der Waals surface area contributed by atoms with Gasteiger partial charge in [-0.2, -0.15) is 0 Å². The normalized spacial score (nSPS) is 19.0. The van der Waals surface area contributed by atoms with Gasteiger partial charge in [0.25, 0.3) is 0 Å². The fraction of sp³-hybridized carbons (Fsp3) is 0.500. The lowest BCUT2D eigenvalue weighted by Crippen LogP contribution is -2.53. The Hall–Kier alpha value is -2.45. The monoisotopic (exact) mass is 445 g/mol. The van der Waals surface area contributed by atoms with Gasteiger partial charge in [-0.1, -0.05) is 17.7 Å². The maximum Gasteiger partial charge on any atom is 0.225 e. The molecular formula is C22H29ClFN7. The largest absolute Gasteiger partial charge is 0.354 e. The highest BCUT2D eigenvalue weighted by Gasteiger charge is 2.29. The third-order valence-corrected chi connectivity index (χ3v) is 6.32. The van der Waals surface area contributed by atoms with Crippen molar-refractivity contribution in [3.8, 4) is 0 Å². The number of nitrogens with one attached hydrogen (secondary N) is 1. The molecule has 0 radical (unpaired) electrons. The van der Waals surface area contributed by atoms with E-state index >= 15 is 0 Å². The number of guanidine groups is 1. The van der Waals surface area contributed by atoms with E-state index in [2.05, 4.69) is 35.0 Å². The third-order valence-electron chi connectivity index (χ3n) is 5.99. The topological polar surface area (TPSA) is 59.9 Å². The summed E-state index contributed by atoms with van der Waals surface area (Å²) in [6.07, 6.45) is 5.78. The number of benzene rings is 1. The van der Waals surface area contributed by atoms with Crippen molar-refractivity contribution in [1.29, 1.82) is 0 Å². The third kappa shape index (κ3) is 5.07. The second-order valence-electron chi connectivity index (χ2n) is 7.85. The zero-order valence-electron chi connectivity index (χ0n) is 17.8. The highest BCUT2D eigenvalue weighted by atomic mass is 35.5. The lowest BCUT2D eigenvalue weighted by molar-refractivity contribution is 0.237. The lowest BCUT2D eigenvalue weighted by Gasteiger charge is -2.37. The van der Waals surface area contributed by atoms with Gasteiger partial charge < -0.3 is 15.1 Å². The molecule has 0 bridgehead atoms. The summed E-state index contributed by atoms with van der Waals surface area (Å²) in [7, 11) is 1.79. The van der Waals surface area contributed by atoms with E-state index in [1.807, 2.05) is 6.07 Å². The van der Waals surface area contributed by atoms with Crippen molar-refractivity contribution in [3.05, 3.63) is 53.1 Å². The van der Waals surface area contributed by atoms with Gasteiger partial charge >= 0.3 is 0 Å². The fourth-order valence-electron chi connectivity index (χ4n) is 4.39. The number of aliphatic imine (C=N–C) groups is 1. The minimum Gasteiger partial charge on any atom is -0.354 e. The van der Waals surface area contributed by atoms with E-state index in [1.54, 1.807) is 31.6 Å². The molecule has 166 valence electrons. The van der Waals surface area contributed by atoms with Gasteiger partial charge in [0, 0.05) is 62.8 Å². The van der Waals surface area contributed by atoms with Crippen LogP contribution in [0.1, 0.15) is 24.4 Å². The summed E-state index contributed by atoms with van der Waals surface area (Å²) in [6.45, 7) is 5.71. The Labute approximate surface area is 187 Å².